The Morgan fingerprint density at radius 1 is 1.43 bits per heavy atom. The van der Waals surface area contributed by atoms with E-state index in [-0.39, 0.29) is 12.1 Å². The Morgan fingerprint density at radius 2 is 2.24 bits per heavy atom. The van der Waals surface area contributed by atoms with Crippen molar-refractivity contribution in [3.05, 3.63) is 23.3 Å². The summed E-state index contributed by atoms with van der Waals surface area (Å²) in [5, 5.41) is 0. The molecule has 2 rings (SSSR count). The van der Waals surface area contributed by atoms with Crippen molar-refractivity contribution in [1.29, 1.82) is 0 Å². The molecule has 1 saturated heterocycles. The number of ether oxygens (including phenoxy) is 1. The molecule has 1 aliphatic heterocycles. The molecule has 21 heavy (non-hydrogen) atoms. The van der Waals surface area contributed by atoms with E-state index in [2.05, 4.69) is 23.7 Å². The molecule has 2 unspecified atom stereocenters. The maximum absolute atomic E-state index is 6.05. The summed E-state index contributed by atoms with van der Waals surface area (Å²) in [7, 11) is 0. The van der Waals surface area contributed by atoms with Gasteiger partial charge in [-0.25, -0.2) is 9.97 Å². The molecule has 1 aromatic heterocycles. The van der Waals surface area contributed by atoms with E-state index in [0.717, 1.165) is 62.7 Å². The second-order valence-corrected chi connectivity index (χ2v) is 5.89. The second-order valence-electron chi connectivity index (χ2n) is 5.89. The van der Waals surface area contributed by atoms with Gasteiger partial charge in [-0.05, 0) is 32.4 Å². The number of nitrogens with two attached hydrogens (primary N) is 1. The normalized spacial score (nSPS) is 21.4. The van der Waals surface area contributed by atoms with Crippen molar-refractivity contribution < 1.29 is 4.74 Å². The van der Waals surface area contributed by atoms with Gasteiger partial charge in [0.25, 0.3) is 0 Å². The molecule has 0 aromatic carbocycles. The number of hydrogen-bond acceptors (Lipinski definition) is 5. The number of morpholine rings is 1. The van der Waals surface area contributed by atoms with Crippen LogP contribution in [-0.2, 0) is 11.2 Å². The standard InChI is InChI=1S/C16H28N4O/c1-4-6-20-7-8-21-15(11-20)16-18-12(3)9-14(19-16)10-13(17)5-2/h9,13,15H,4-8,10-11,17H2,1-3H3. The summed E-state index contributed by atoms with van der Waals surface area (Å²) < 4.78 is 5.88. The third kappa shape index (κ3) is 4.73. The quantitative estimate of drug-likeness (QED) is 0.867. The molecule has 0 bridgehead atoms. The van der Waals surface area contributed by atoms with Gasteiger partial charge in [0.1, 0.15) is 6.10 Å². The molecular formula is C16H28N4O. The lowest BCUT2D eigenvalue weighted by Crippen LogP contribution is -2.39. The SMILES string of the molecule is CCCN1CCOC(c2nc(C)cc(CC(N)CC)n2)C1. The Balaban J connectivity index is 2.11. The molecule has 0 aliphatic carbocycles. The van der Waals surface area contributed by atoms with Gasteiger partial charge in [0.2, 0.25) is 0 Å². The summed E-state index contributed by atoms with van der Waals surface area (Å²) in [4.78, 5) is 11.7. The zero-order chi connectivity index (χ0) is 15.2. The Morgan fingerprint density at radius 3 is 2.95 bits per heavy atom. The predicted molar refractivity (Wildman–Crippen MR) is 84.2 cm³/mol. The predicted octanol–water partition coefficient (Wildman–Crippen LogP) is 1.85. The highest BCUT2D eigenvalue weighted by atomic mass is 16.5. The van der Waals surface area contributed by atoms with E-state index in [1.54, 1.807) is 0 Å². The van der Waals surface area contributed by atoms with Gasteiger partial charge in [0.05, 0.1) is 6.61 Å². The average Bonchev–Trinajstić information content (AvgIpc) is 2.47. The summed E-state index contributed by atoms with van der Waals surface area (Å²) in [5.74, 6) is 0.814. The van der Waals surface area contributed by atoms with E-state index in [0.29, 0.717) is 0 Å². The van der Waals surface area contributed by atoms with Crippen LogP contribution in [0, 0.1) is 6.92 Å². The maximum Gasteiger partial charge on any atom is 0.158 e. The van der Waals surface area contributed by atoms with E-state index in [1.165, 1.54) is 0 Å². The van der Waals surface area contributed by atoms with Crippen LogP contribution in [0.4, 0.5) is 0 Å². The summed E-state index contributed by atoms with van der Waals surface area (Å²) in [6.07, 6.45) is 2.92. The van der Waals surface area contributed by atoms with Crippen molar-refractivity contribution in [2.24, 2.45) is 5.73 Å². The summed E-state index contributed by atoms with van der Waals surface area (Å²) in [6.45, 7) is 10.1. The third-order valence-electron chi connectivity index (χ3n) is 3.90. The van der Waals surface area contributed by atoms with Crippen LogP contribution in [-0.4, -0.2) is 47.2 Å². The van der Waals surface area contributed by atoms with Gasteiger partial charge >= 0.3 is 0 Å². The fourth-order valence-corrected chi connectivity index (χ4v) is 2.70. The van der Waals surface area contributed by atoms with Crippen molar-refractivity contribution in [2.75, 3.05) is 26.2 Å². The smallest absolute Gasteiger partial charge is 0.158 e. The van der Waals surface area contributed by atoms with Crippen LogP contribution >= 0.6 is 0 Å². The molecular weight excluding hydrogens is 264 g/mol. The van der Waals surface area contributed by atoms with Gasteiger partial charge in [-0.2, -0.15) is 0 Å². The molecule has 1 aliphatic rings. The van der Waals surface area contributed by atoms with Gasteiger partial charge in [0, 0.05) is 36.9 Å². The van der Waals surface area contributed by atoms with Gasteiger partial charge in [-0.3, -0.25) is 4.90 Å². The minimum atomic E-state index is -0.0122. The van der Waals surface area contributed by atoms with Crippen molar-refractivity contribution in [3.8, 4) is 0 Å². The third-order valence-corrected chi connectivity index (χ3v) is 3.90. The fraction of sp³-hybridized carbons (Fsp3) is 0.750. The van der Waals surface area contributed by atoms with E-state index in [9.17, 15) is 0 Å². The van der Waals surface area contributed by atoms with Gasteiger partial charge < -0.3 is 10.5 Å². The van der Waals surface area contributed by atoms with E-state index >= 15 is 0 Å². The van der Waals surface area contributed by atoms with Crippen LogP contribution < -0.4 is 5.73 Å². The topological polar surface area (TPSA) is 64.3 Å². The summed E-state index contributed by atoms with van der Waals surface area (Å²) >= 11 is 0. The molecule has 1 fully saturated rings. The van der Waals surface area contributed by atoms with Crippen molar-refractivity contribution in [3.63, 3.8) is 0 Å². The van der Waals surface area contributed by atoms with Crippen molar-refractivity contribution in [1.82, 2.24) is 14.9 Å². The van der Waals surface area contributed by atoms with Crippen LogP contribution in [0.1, 0.15) is 50.0 Å². The summed E-state index contributed by atoms with van der Waals surface area (Å²) in [6, 6.07) is 2.20. The number of hydrogen-bond donors (Lipinski definition) is 1. The molecule has 0 saturated carbocycles. The molecule has 2 atom stereocenters. The van der Waals surface area contributed by atoms with E-state index < -0.39 is 0 Å². The lowest BCUT2D eigenvalue weighted by molar-refractivity contribution is -0.0343. The molecule has 5 nitrogen and oxygen atoms in total. The van der Waals surface area contributed by atoms with Crippen LogP contribution in [0.2, 0.25) is 0 Å². The highest BCUT2D eigenvalue weighted by Crippen LogP contribution is 2.20. The number of aromatic nitrogens is 2. The van der Waals surface area contributed by atoms with Gasteiger partial charge in [-0.1, -0.05) is 13.8 Å². The highest BCUT2D eigenvalue weighted by Gasteiger charge is 2.24. The maximum atomic E-state index is 6.05. The molecule has 0 radical (unpaired) electrons. The highest BCUT2D eigenvalue weighted by molar-refractivity contribution is 5.13. The molecule has 5 heteroatoms. The first kappa shape index (κ1) is 16.3. The van der Waals surface area contributed by atoms with Crippen molar-refractivity contribution >= 4 is 0 Å². The monoisotopic (exact) mass is 292 g/mol. The Bertz CT molecular complexity index is 450. The largest absolute Gasteiger partial charge is 0.368 e. The zero-order valence-corrected chi connectivity index (χ0v) is 13.5. The first-order valence-electron chi connectivity index (χ1n) is 8.06. The van der Waals surface area contributed by atoms with E-state index in [4.69, 9.17) is 15.5 Å². The van der Waals surface area contributed by atoms with Crippen LogP contribution in [0.15, 0.2) is 6.07 Å². The first-order chi connectivity index (χ1) is 10.1. The molecule has 118 valence electrons. The molecule has 2 heterocycles. The summed E-state index contributed by atoms with van der Waals surface area (Å²) in [5.41, 5.74) is 8.07. The van der Waals surface area contributed by atoms with E-state index in [1.807, 2.05) is 13.0 Å². The van der Waals surface area contributed by atoms with Crippen LogP contribution in [0.3, 0.4) is 0 Å². The van der Waals surface area contributed by atoms with Crippen LogP contribution in [0.5, 0.6) is 0 Å². The number of aryl methyl sites for hydroxylation is 1. The van der Waals surface area contributed by atoms with Crippen molar-refractivity contribution in [2.45, 2.75) is 52.2 Å². The average molecular weight is 292 g/mol. The minimum absolute atomic E-state index is 0.0122. The first-order valence-corrected chi connectivity index (χ1v) is 8.06. The van der Waals surface area contributed by atoms with Gasteiger partial charge in [-0.15, -0.1) is 0 Å². The zero-order valence-electron chi connectivity index (χ0n) is 13.5. The molecule has 0 spiro atoms. The number of nitrogens with zero attached hydrogens (tertiary/aromatic N) is 3. The van der Waals surface area contributed by atoms with Crippen LogP contribution in [0.25, 0.3) is 0 Å². The lowest BCUT2D eigenvalue weighted by atomic mass is 10.1. The minimum Gasteiger partial charge on any atom is -0.368 e. The fourth-order valence-electron chi connectivity index (χ4n) is 2.70. The molecule has 0 amide bonds. The molecule has 1 aromatic rings. The molecule has 2 N–H and O–H groups in total. The Kier molecular flexibility index (Phi) is 6.08. The number of rotatable bonds is 6. The second kappa shape index (κ2) is 7.82. The Hall–Kier alpha value is -1.04. The van der Waals surface area contributed by atoms with Gasteiger partial charge in [0.15, 0.2) is 5.82 Å². The Labute approximate surface area is 127 Å². The lowest BCUT2D eigenvalue weighted by Gasteiger charge is -2.32.